The maximum Gasteiger partial charge on any atom is 0.241 e. The number of hydrogen-bond acceptors (Lipinski definition) is 4. The number of amides is 1. The number of carbonyl (C=O) groups is 1. The van der Waals surface area contributed by atoms with Gasteiger partial charge in [0.25, 0.3) is 0 Å². The second-order valence-electron chi connectivity index (χ2n) is 4.26. The molecule has 1 amide bonds. The van der Waals surface area contributed by atoms with Gasteiger partial charge in [-0.1, -0.05) is 11.6 Å². The summed E-state index contributed by atoms with van der Waals surface area (Å²) in [6.45, 7) is 5.89. The molecule has 0 saturated heterocycles. The van der Waals surface area contributed by atoms with E-state index in [1.54, 1.807) is 13.8 Å². The van der Waals surface area contributed by atoms with Crippen LogP contribution in [0.2, 0.25) is 5.02 Å². The van der Waals surface area contributed by atoms with Crippen LogP contribution >= 0.6 is 11.6 Å². The van der Waals surface area contributed by atoms with Crippen LogP contribution in [0.1, 0.15) is 20.8 Å². The number of carbonyl (C=O) groups excluding carboxylic acids is 1. The van der Waals surface area contributed by atoms with Crippen molar-refractivity contribution in [3.63, 3.8) is 0 Å². The van der Waals surface area contributed by atoms with Gasteiger partial charge in [-0.25, -0.2) is 8.42 Å². The smallest absolute Gasteiger partial charge is 0.241 e. The standard InChI is InChI=1S/C13H19ClN2O4S/c1-4-15-13(17)9(3)16-21(18,19)10-6-7-12(20-5-2)11(14)8-10/h6-9,16H,4-5H2,1-3H3,(H,15,17)/t9-/m0/s1. The average molecular weight is 335 g/mol. The van der Waals surface area contributed by atoms with Gasteiger partial charge in [-0.05, 0) is 39.0 Å². The summed E-state index contributed by atoms with van der Waals surface area (Å²) in [5, 5.41) is 2.74. The van der Waals surface area contributed by atoms with E-state index in [1.807, 2.05) is 0 Å². The summed E-state index contributed by atoms with van der Waals surface area (Å²) < 4.78 is 31.9. The van der Waals surface area contributed by atoms with E-state index < -0.39 is 22.0 Å². The summed E-state index contributed by atoms with van der Waals surface area (Å²) in [7, 11) is -3.83. The first kappa shape index (κ1) is 17.7. The Morgan fingerprint density at radius 1 is 1.38 bits per heavy atom. The molecule has 0 radical (unpaired) electrons. The molecule has 0 spiro atoms. The molecule has 6 nitrogen and oxygen atoms in total. The summed E-state index contributed by atoms with van der Waals surface area (Å²) in [5.41, 5.74) is 0. The van der Waals surface area contributed by atoms with Crippen molar-refractivity contribution in [2.45, 2.75) is 31.7 Å². The van der Waals surface area contributed by atoms with Crippen molar-refractivity contribution >= 4 is 27.5 Å². The number of rotatable bonds is 7. The lowest BCUT2D eigenvalue weighted by Gasteiger charge is -2.14. The van der Waals surface area contributed by atoms with E-state index in [0.717, 1.165) is 0 Å². The van der Waals surface area contributed by atoms with Crippen molar-refractivity contribution < 1.29 is 17.9 Å². The largest absolute Gasteiger partial charge is 0.492 e. The lowest BCUT2D eigenvalue weighted by Crippen LogP contribution is -2.44. The summed E-state index contributed by atoms with van der Waals surface area (Å²) in [5.74, 6) is 0.0213. The molecule has 1 aromatic rings. The summed E-state index contributed by atoms with van der Waals surface area (Å²) >= 11 is 5.97. The first-order chi connectivity index (χ1) is 9.81. The van der Waals surface area contributed by atoms with Crippen LogP contribution in [0.3, 0.4) is 0 Å². The van der Waals surface area contributed by atoms with Gasteiger partial charge in [-0.2, -0.15) is 4.72 Å². The first-order valence-electron chi connectivity index (χ1n) is 6.54. The zero-order valence-corrected chi connectivity index (χ0v) is 13.7. The van der Waals surface area contributed by atoms with Crippen LogP contribution in [-0.4, -0.2) is 33.5 Å². The zero-order valence-electron chi connectivity index (χ0n) is 12.1. The Bertz CT molecular complexity index is 604. The molecule has 0 unspecified atom stereocenters. The fourth-order valence-corrected chi connectivity index (χ4v) is 3.13. The Hall–Kier alpha value is -1.31. The van der Waals surface area contributed by atoms with Gasteiger partial charge in [-0.15, -0.1) is 0 Å². The Balaban J connectivity index is 2.93. The van der Waals surface area contributed by atoms with Gasteiger partial charge in [0.15, 0.2) is 0 Å². The molecule has 1 atom stereocenters. The molecular weight excluding hydrogens is 316 g/mol. The van der Waals surface area contributed by atoms with E-state index >= 15 is 0 Å². The average Bonchev–Trinajstić information content (AvgIpc) is 2.41. The third-order valence-electron chi connectivity index (χ3n) is 2.59. The Kier molecular flexibility index (Phi) is 6.44. The van der Waals surface area contributed by atoms with Crippen molar-refractivity contribution in [3.8, 4) is 5.75 Å². The van der Waals surface area contributed by atoms with Gasteiger partial charge in [0.05, 0.1) is 22.6 Å². The number of hydrogen-bond donors (Lipinski definition) is 2. The van der Waals surface area contributed by atoms with Gasteiger partial charge >= 0.3 is 0 Å². The van der Waals surface area contributed by atoms with Crippen LogP contribution < -0.4 is 14.8 Å². The van der Waals surface area contributed by atoms with Crippen molar-refractivity contribution in [2.75, 3.05) is 13.2 Å². The normalized spacial score (nSPS) is 12.8. The van der Waals surface area contributed by atoms with E-state index in [2.05, 4.69) is 10.0 Å². The molecule has 0 aliphatic rings. The minimum Gasteiger partial charge on any atom is -0.492 e. The lowest BCUT2D eigenvalue weighted by atomic mass is 10.3. The fraction of sp³-hybridized carbons (Fsp3) is 0.462. The minimum absolute atomic E-state index is 0.0212. The number of sulfonamides is 1. The van der Waals surface area contributed by atoms with E-state index in [-0.39, 0.29) is 9.92 Å². The summed E-state index contributed by atoms with van der Waals surface area (Å²) in [6.07, 6.45) is 0. The number of ether oxygens (including phenoxy) is 1. The van der Waals surface area contributed by atoms with Gasteiger partial charge in [0.2, 0.25) is 15.9 Å². The van der Waals surface area contributed by atoms with E-state index in [1.165, 1.54) is 25.1 Å². The number of nitrogens with one attached hydrogen (secondary N) is 2. The molecular formula is C13H19ClN2O4S. The number of benzene rings is 1. The van der Waals surface area contributed by atoms with Crippen molar-refractivity contribution in [1.82, 2.24) is 10.0 Å². The minimum atomic E-state index is -3.83. The summed E-state index contributed by atoms with van der Waals surface area (Å²) in [4.78, 5) is 11.6. The van der Waals surface area contributed by atoms with Crippen molar-refractivity contribution in [1.29, 1.82) is 0 Å². The lowest BCUT2D eigenvalue weighted by molar-refractivity contribution is -0.122. The van der Waals surface area contributed by atoms with Gasteiger partial charge in [0.1, 0.15) is 5.75 Å². The van der Waals surface area contributed by atoms with Crippen molar-refractivity contribution in [2.24, 2.45) is 0 Å². The predicted octanol–water partition coefficient (Wildman–Crippen LogP) is 1.54. The van der Waals surface area contributed by atoms with Crippen molar-refractivity contribution in [3.05, 3.63) is 23.2 Å². The van der Waals surface area contributed by atoms with Crippen LogP contribution in [0.25, 0.3) is 0 Å². The number of likely N-dealkylation sites (N-methyl/N-ethyl adjacent to an activating group) is 1. The highest BCUT2D eigenvalue weighted by molar-refractivity contribution is 7.89. The van der Waals surface area contributed by atoms with Gasteiger partial charge in [0, 0.05) is 6.54 Å². The second-order valence-corrected chi connectivity index (χ2v) is 6.38. The first-order valence-corrected chi connectivity index (χ1v) is 8.40. The molecule has 21 heavy (non-hydrogen) atoms. The SMILES string of the molecule is CCNC(=O)[C@H](C)NS(=O)(=O)c1ccc(OCC)c(Cl)c1. The van der Waals surface area contributed by atoms with E-state index in [0.29, 0.717) is 18.9 Å². The molecule has 0 aromatic heterocycles. The zero-order chi connectivity index (χ0) is 16.0. The molecule has 0 aliphatic carbocycles. The third kappa shape index (κ3) is 4.87. The maximum absolute atomic E-state index is 12.2. The number of halogens is 1. The monoisotopic (exact) mass is 334 g/mol. The molecule has 1 aromatic carbocycles. The predicted molar refractivity (Wildman–Crippen MR) is 81.1 cm³/mol. The second kappa shape index (κ2) is 7.63. The highest BCUT2D eigenvalue weighted by atomic mass is 35.5. The van der Waals surface area contributed by atoms with Crippen LogP contribution in [0.4, 0.5) is 0 Å². The van der Waals surface area contributed by atoms with Crippen LogP contribution in [-0.2, 0) is 14.8 Å². The van der Waals surface area contributed by atoms with Gasteiger partial charge in [-0.3, -0.25) is 4.79 Å². The van der Waals surface area contributed by atoms with E-state index in [4.69, 9.17) is 16.3 Å². The highest BCUT2D eigenvalue weighted by Gasteiger charge is 2.22. The molecule has 0 saturated carbocycles. The molecule has 0 aliphatic heterocycles. The highest BCUT2D eigenvalue weighted by Crippen LogP contribution is 2.27. The van der Waals surface area contributed by atoms with Crippen LogP contribution in [0.5, 0.6) is 5.75 Å². The fourth-order valence-electron chi connectivity index (χ4n) is 1.60. The molecule has 118 valence electrons. The topological polar surface area (TPSA) is 84.5 Å². The molecule has 0 bridgehead atoms. The summed E-state index contributed by atoms with van der Waals surface area (Å²) in [6, 6.07) is 3.28. The third-order valence-corrected chi connectivity index (χ3v) is 4.42. The molecule has 0 fully saturated rings. The van der Waals surface area contributed by atoms with Gasteiger partial charge < -0.3 is 10.1 Å². The molecule has 1 rings (SSSR count). The van der Waals surface area contributed by atoms with Crippen LogP contribution in [0.15, 0.2) is 23.1 Å². The Morgan fingerprint density at radius 2 is 2.05 bits per heavy atom. The Morgan fingerprint density at radius 3 is 2.57 bits per heavy atom. The van der Waals surface area contributed by atoms with E-state index in [9.17, 15) is 13.2 Å². The Labute approximate surface area is 129 Å². The quantitative estimate of drug-likeness (QED) is 0.792. The van der Waals surface area contributed by atoms with Crippen LogP contribution in [0, 0.1) is 0 Å². The molecule has 2 N–H and O–H groups in total. The molecule has 0 heterocycles. The molecule has 8 heteroatoms. The maximum atomic E-state index is 12.2.